The molecule has 0 aliphatic rings. The van der Waals surface area contributed by atoms with Crippen LogP contribution in [0.5, 0.6) is 11.5 Å². The van der Waals surface area contributed by atoms with Gasteiger partial charge < -0.3 is 9.47 Å². The molecule has 0 bridgehead atoms. The van der Waals surface area contributed by atoms with Crippen molar-refractivity contribution in [1.29, 1.82) is 0 Å². The third-order valence-corrected chi connectivity index (χ3v) is 1.76. The van der Waals surface area contributed by atoms with Crippen molar-refractivity contribution in [3.8, 4) is 11.5 Å². The lowest BCUT2D eigenvalue weighted by Gasteiger charge is -2.11. The standard InChI is InChI=1S/C10H9F3O3/c1-6(14)7-3-8(15-2)5-9(4-7)16-10(11,12)13/h3-5H,1-2H3. The first-order chi connectivity index (χ1) is 7.31. The van der Waals surface area contributed by atoms with Gasteiger partial charge in [0.05, 0.1) is 7.11 Å². The molecule has 0 radical (unpaired) electrons. The number of ketones is 1. The minimum absolute atomic E-state index is 0.0959. The topological polar surface area (TPSA) is 35.5 Å². The Hall–Kier alpha value is -1.72. The number of ether oxygens (including phenoxy) is 2. The molecule has 0 spiro atoms. The largest absolute Gasteiger partial charge is 0.573 e. The van der Waals surface area contributed by atoms with Gasteiger partial charge >= 0.3 is 6.36 Å². The molecule has 1 rings (SSSR count). The third-order valence-electron chi connectivity index (χ3n) is 1.76. The molecule has 1 aromatic rings. The van der Waals surface area contributed by atoms with Gasteiger partial charge in [-0.05, 0) is 19.1 Å². The Balaban J connectivity index is 3.09. The average Bonchev–Trinajstić information content (AvgIpc) is 2.14. The predicted molar refractivity (Wildman–Crippen MR) is 49.7 cm³/mol. The smallest absolute Gasteiger partial charge is 0.497 e. The lowest BCUT2D eigenvalue weighted by Crippen LogP contribution is -2.17. The molecule has 0 aromatic heterocycles. The highest BCUT2D eigenvalue weighted by atomic mass is 19.4. The number of hydrogen-bond donors (Lipinski definition) is 0. The summed E-state index contributed by atoms with van der Waals surface area (Å²) in [5.74, 6) is -0.713. The van der Waals surface area contributed by atoms with Gasteiger partial charge in [-0.2, -0.15) is 0 Å². The maximum absolute atomic E-state index is 12.0. The van der Waals surface area contributed by atoms with Crippen molar-refractivity contribution in [3.05, 3.63) is 23.8 Å². The van der Waals surface area contributed by atoms with Crippen molar-refractivity contribution >= 4 is 5.78 Å². The molecule has 0 heterocycles. The van der Waals surface area contributed by atoms with E-state index >= 15 is 0 Å². The molecule has 0 saturated heterocycles. The first-order valence-electron chi connectivity index (χ1n) is 4.27. The van der Waals surface area contributed by atoms with Crippen LogP contribution in [0.4, 0.5) is 13.2 Å². The van der Waals surface area contributed by atoms with Crippen LogP contribution < -0.4 is 9.47 Å². The van der Waals surface area contributed by atoms with E-state index in [1.165, 1.54) is 20.1 Å². The Morgan fingerprint density at radius 2 is 1.75 bits per heavy atom. The summed E-state index contributed by atoms with van der Waals surface area (Å²) in [6.45, 7) is 1.24. The lowest BCUT2D eigenvalue weighted by atomic mass is 10.1. The van der Waals surface area contributed by atoms with E-state index in [0.29, 0.717) is 0 Å². The average molecular weight is 234 g/mol. The van der Waals surface area contributed by atoms with Crippen LogP contribution in [0.25, 0.3) is 0 Å². The minimum atomic E-state index is -4.79. The van der Waals surface area contributed by atoms with E-state index in [9.17, 15) is 18.0 Å². The van der Waals surface area contributed by atoms with Gasteiger partial charge in [-0.1, -0.05) is 0 Å². The van der Waals surface area contributed by atoms with Gasteiger partial charge in [0.1, 0.15) is 11.5 Å². The van der Waals surface area contributed by atoms with Crippen molar-refractivity contribution in [1.82, 2.24) is 0 Å². The van der Waals surface area contributed by atoms with E-state index in [0.717, 1.165) is 12.1 Å². The van der Waals surface area contributed by atoms with E-state index < -0.39 is 12.1 Å². The number of halogens is 3. The molecule has 1 aromatic carbocycles. The van der Waals surface area contributed by atoms with Crippen LogP contribution in [0.15, 0.2) is 18.2 Å². The molecule has 0 fully saturated rings. The summed E-state index contributed by atoms with van der Waals surface area (Å²) in [6.07, 6.45) is -4.79. The van der Waals surface area contributed by atoms with Crippen LogP contribution in [0.1, 0.15) is 17.3 Å². The van der Waals surface area contributed by atoms with Crippen molar-refractivity contribution in [2.45, 2.75) is 13.3 Å². The van der Waals surface area contributed by atoms with E-state index in [2.05, 4.69) is 4.74 Å². The fraction of sp³-hybridized carbons (Fsp3) is 0.300. The number of Topliss-reactive ketones (excluding diaryl/α,β-unsaturated/α-hetero) is 1. The van der Waals surface area contributed by atoms with Crippen LogP contribution in [0, 0.1) is 0 Å². The van der Waals surface area contributed by atoms with Crippen molar-refractivity contribution in [2.24, 2.45) is 0 Å². The highest BCUT2D eigenvalue weighted by Gasteiger charge is 2.31. The van der Waals surface area contributed by atoms with Gasteiger partial charge in [0, 0.05) is 11.6 Å². The molecule has 0 aliphatic heterocycles. The number of benzene rings is 1. The zero-order valence-corrected chi connectivity index (χ0v) is 8.59. The summed E-state index contributed by atoms with van der Waals surface area (Å²) < 4.78 is 44.3. The zero-order chi connectivity index (χ0) is 12.3. The summed E-state index contributed by atoms with van der Waals surface area (Å²) in [5, 5.41) is 0. The maximum Gasteiger partial charge on any atom is 0.573 e. The normalized spacial score (nSPS) is 11.1. The Bertz CT molecular complexity index is 399. The van der Waals surface area contributed by atoms with Gasteiger partial charge in [-0.3, -0.25) is 4.79 Å². The molecule has 3 nitrogen and oxygen atoms in total. The monoisotopic (exact) mass is 234 g/mol. The molecule has 0 amide bonds. The zero-order valence-electron chi connectivity index (χ0n) is 8.59. The summed E-state index contributed by atoms with van der Waals surface area (Å²) in [6, 6.07) is 3.41. The van der Waals surface area contributed by atoms with Crippen LogP contribution in [-0.2, 0) is 0 Å². The Morgan fingerprint density at radius 3 is 2.19 bits per heavy atom. The molecule has 0 saturated carbocycles. The summed E-state index contributed by atoms with van der Waals surface area (Å²) in [5.41, 5.74) is 0.0959. The van der Waals surface area contributed by atoms with Crippen LogP contribution in [0.3, 0.4) is 0 Å². The van der Waals surface area contributed by atoms with E-state index in [-0.39, 0.29) is 17.1 Å². The van der Waals surface area contributed by atoms with Gasteiger partial charge in [0.25, 0.3) is 0 Å². The fourth-order valence-corrected chi connectivity index (χ4v) is 1.09. The molecule has 0 atom stereocenters. The summed E-state index contributed by atoms with van der Waals surface area (Å²) >= 11 is 0. The minimum Gasteiger partial charge on any atom is -0.497 e. The molecule has 0 unspecified atom stereocenters. The van der Waals surface area contributed by atoms with Crippen molar-refractivity contribution in [3.63, 3.8) is 0 Å². The number of alkyl halides is 3. The van der Waals surface area contributed by atoms with E-state index in [1.54, 1.807) is 0 Å². The van der Waals surface area contributed by atoms with E-state index in [4.69, 9.17) is 4.74 Å². The second kappa shape index (κ2) is 4.42. The first-order valence-corrected chi connectivity index (χ1v) is 4.27. The Labute approximate surface area is 89.8 Å². The summed E-state index contributed by atoms with van der Waals surface area (Å²) in [4.78, 5) is 11.0. The number of hydrogen-bond acceptors (Lipinski definition) is 3. The lowest BCUT2D eigenvalue weighted by molar-refractivity contribution is -0.274. The molecular formula is C10H9F3O3. The second-order valence-corrected chi connectivity index (χ2v) is 3.00. The van der Waals surface area contributed by atoms with Crippen LogP contribution in [-0.4, -0.2) is 19.3 Å². The molecule has 0 aliphatic carbocycles. The highest BCUT2D eigenvalue weighted by molar-refractivity contribution is 5.94. The number of carbonyl (C=O) groups is 1. The second-order valence-electron chi connectivity index (χ2n) is 3.00. The van der Waals surface area contributed by atoms with Crippen LogP contribution >= 0.6 is 0 Å². The van der Waals surface area contributed by atoms with Gasteiger partial charge in [0.2, 0.25) is 0 Å². The van der Waals surface area contributed by atoms with Crippen molar-refractivity contribution < 1.29 is 27.4 Å². The molecule has 6 heteroatoms. The van der Waals surface area contributed by atoms with Crippen molar-refractivity contribution in [2.75, 3.05) is 7.11 Å². The quantitative estimate of drug-likeness (QED) is 0.754. The van der Waals surface area contributed by atoms with Gasteiger partial charge in [0.15, 0.2) is 5.78 Å². The summed E-state index contributed by atoms with van der Waals surface area (Å²) in [7, 11) is 1.29. The molecule has 16 heavy (non-hydrogen) atoms. The fourth-order valence-electron chi connectivity index (χ4n) is 1.09. The number of rotatable bonds is 3. The Kier molecular flexibility index (Phi) is 3.41. The maximum atomic E-state index is 12.0. The third kappa shape index (κ3) is 3.45. The highest BCUT2D eigenvalue weighted by Crippen LogP contribution is 2.28. The Morgan fingerprint density at radius 1 is 1.19 bits per heavy atom. The first kappa shape index (κ1) is 12.4. The predicted octanol–water partition coefficient (Wildman–Crippen LogP) is 2.80. The molecule has 88 valence electrons. The molecular weight excluding hydrogens is 225 g/mol. The van der Waals surface area contributed by atoms with Gasteiger partial charge in [-0.15, -0.1) is 13.2 Å². The number of carbonyl (C=O) groups excluding carboxylic acids is 1. The van der Waals surface area contributed by atoms with E-state index in [1.807, 2.05) is 0 Å². The van der Waals surface area contributed by atoms with Gasteiger partial charge in [-0.25, -0.2) is 0 Å². The molecule has 0 N–H and O–H groups in total. The SMILES string of the molecule is COc1cc(OC(F)(F)F)cc(C(C)=O)c1. The number of methoxy groups -OCH3 is 1. The van der Waals surface area contributed by atoms with Crippen LogP contribution in [0.2, 0.25) is 0 Å².